The van der Waals surface area contributed by atoms with Crippen LogP contribution in [-0.2, 0) is 16.1 Å². The molecule has 0 saturated carbocycles. The molecule has 2 amide bonds. The molecule has 3 aromatic carbocycles. The zero-order valence-electron chi connectivity index (χ0n) is 18.2. The lowest BCUT2D eigenvalue weighted by atomic mass is 10.0. The Balaban J connectivity index is 1.73. The van der Waals surface area contributed by atoms with Gasteiger partial charge in [0.05, 0.1) is 23.6 Å². The first-order chi connectivity index (χ1) is 16.4. The molecule has 0 fully saturated rings. The van der Waals surface area contributed by atoms with E-state index in [1.807, 2.05) is 6.92 Å². The van der Waals surface area contributed by atoms with Crippen molar-refractivity contribution in [3.8, 4) is 5.75 Å². The molecule has 1 N–H and O–H groups in total. The predicted octanol–water partition coefficient (Wildman–Crippen LogP) is 4.52. The van der Waals surface area contributed by atoms with Gasteiger partial charge >= 0.3 is 0 Å². The molecule has 4 rings (SSSR count). The quantitative estimate of drug-likeness (QED) is 0.301. The van der Waals surface area contributed by atoms with E-state index >= 15 is 0 Å². The summed E-state index contributed by atoms with van der Waals surface area (Å²) in [5.41, 5.74) is 1.45. The van der Waals surface area contributed by atoms with Crippen LogP contribution in [0.1, 0.15) is 18.1 Å². The molecule has 0 radical (unpaired) electrons. The summed E-state index contributed by atoms with van der Waals surface area (Å²) >= 11 is 0. The molecule has 1 aliphatic heterocycles. The lowest BCUT2D eigenvalue weighted by Crippen LogP contribution is -2.32. The normalized spacial score (nSPS) is 13.4. The number of carbonyl (C=O) groups excluding carboxylic acids is 2. The van der Waals surface area contributed by atoms with Crippen LogP contribution in [0, 0.1) is 15.9 Å². The number of ether oxygens (including phenoxy) is 1. The molecule has 0 saturated heterocycles. The van der Waals surface area contributed by atoms with Gasteiger partial charge in [0.1, 0.15) is 17.3 Å². The summed E-state index contributed by atoms with van der Waals surface area (Å²) in [6, 6.07) is 17.8. The molecular formula is C25H20FN3O5. The van der Waals surface area contributed by atoms with Crippen molar-refractivity contribution in [2.45, 2.75) is 13.5 Å². The van der Waals surface area contributed by atoms with Crippen LogP contribution in [0.15, 0.2) is 78.5 Å². The van der Waals surface area contributed by atoms with Crippen molar-refractivity contribution in [1.82, 2.24) is 4.90 Å². The number of benzene rings is 3. The highest BCUT2D eigenvalue weighted by Crippen LogP contribution is 2.33. The Hall–Kier alpha value is -4.53. The number of imide groups is 1. The van der Waals surface area contributed by atoms with Gasteiger partial charge in [0.2, 0.25) is 0 Å². The topological polar surface area (TPSA) is 102 Å². The molecule has 0 aromatic heterocycles. The summed E-state index contributed by atoms with van der Waals surface area (Å²) in [6.07, 6.45) is 0. The van der Waals surface area contributed by atoms with Gasteiger partial charge in [-0.25, -0.2) is 4.39 Å². The number of anilines is 1. The van der Waals surface area contributed by atoms with Gasteiger partial charge in [-0.05, 0) is 54.4 Å². The summed E-state index contributed by atoms with van der Waals surface area (Å²) < 4.78 is 18.8. The number of hydrogen-bond donors (Lipinski definition) is 1. The summed E-state index contributed by atoms with van der Waals surface area (Å²) in [4.78, 5) is 38.2. The van der Waals surface area contributed by atoms with Crippen LogP contribution in [0.5, 0.6) is 5.75 Å². The van der Waals surface area contributed by atoms with E-state index < -0.39 is 22.6 Å². The third-order valence-corrected chi connectivity index (χ3v) is 5.20. The zero-order valence-corrected chi connectivity index (χ0v) is 18.2. The van der Waals surface area contributed by atoms with Gasteiger partial charge in [0.15, 0.2) is 0 Å². The number of nitrogens with zero attached hydrogens (tertiary/aromatic N) is 2. The Bertz CT molecular complexity index is 1290. The van der Waals surface area contributed by atoms with Crippen molar-refractivity contribution in [3.05, 3.63) is 106 Å². The number of rotatable bonds is 8. The predicted molar refractivity (Wildman–Crippen MR) is 123 cm³/mol. The highest BCUT2D eigenvalue weighted by atomic mass is 19.1. The standard InChI is InChI=1S/C25H20FN3O5/c1-2-34-21-5-3-4-19(14-21)27-23-22(17-8-12-20(13-9-17)29(32)33)24(30)28(25(23)31)15-16-6-10-18(26)11-7-16/h3-14,27H,2,15H2,1H3. The molecule has 0 spiro atoms. The monoisotopic (exact) mass is 461 g/mol. The first-order valence-corrected chi connectivity index (χ1v) is 10.5. The number of nitro benzene ring substituents is 1. The van der Waals surface area contributed by atoms with Crippen LogP contribution in [0.3, 0.4) is 0 Å². The van der Waals surface area contributed by atoms with Crippen LogP contribution in [0.4, 0.5) is 15.8 Å². The second kappa shape index (κ2) is 9.53. The molecule has 34 heavy (non-hydrogen) atoms. The van der Waals surface area contributed by atoms with E-state index in [-0.39, 0.29) is 23.5 Å². The Labute approximate surface area is 194 Å². The van der Waals surface area contributed by atoms with E-state index in [4.69, 9.17) is 4.74 Å². The van der Waals surface area contributed by atoms with E-state index in [1.54, 1.807) is 24.3 Å². The minimum absolute atomic E-state index is 0.0367. The maximum absolute atomic E-state index is 13.4. The van der Waals surface area contributed by atoms with Gasteiger partial charge in [-0.1, -0.05) is 18.2 Å². The Morgan fingerprint density at radius 1 is 1.00 bits per heavy atom. The second-order valence-corrected chi connectivity index (χ2v) is 7.46. The lowest BCUT2D eigenvalue weighted by molar-refractivity contribution is -0.384. The van der Waals surface area contributed by atoms with E-state index in [2.05, 4.69) is 5.32 Å². The number of hydrogen-bond acceptors (Lipinski definition) is 6. The summed E-state index contributed by atoms with van der Waals surface area (Å²) in [7, 11) is 0. The van der Waals surface area contributed by atoms with E-state index in [0.29, 0.717) is 29.2 Å². The minimum atomic E-state index is -0.565. The molecule has 8 nitrogen and oxygen atoms in total. The van der Waals surface area contributed by atoms with Crippen molar-refractivity contribution >= 4 is 28.8 Å². The van der Waals surface area contributed by atoms with E-state index in [1.165, 1.54) is 48.5 Å². The first kappa shape index (κ1) is 22.7. The van der Waals surface area contributed by atoms with Gasteiger partial charge in [0.25, 0.3) is 17.5 Å². The molecule has 1 aliphatic rings. The summed E-state index contributed by atoms with van der Waals surface area (Å²) in [5.74, 6) is -0.967. The maximum Gasteiger partial charge on any atom is 0.278 e. The molecule has 0 bridgehead atoms. The van der Waals surface area contributed by atoms with Gasteiger partial charge in [-0.2, -0.15) is 0 Å². The van der Waals surface area contributed by atoms with E-state index in [9.17, 15) is 24.1 Å². The molecule has 9 heteroatoms. The molecule has 0 atom stereocenters. The van der Waals surface area contributed by atoms with Gasteiger partial charge in [0, 0.05) is 23.9 Å². The highest BCUT2D eigenvalue weighted by Gasteiger charge is 2.39. The molecular weight excluding hydrogens is 441 g/mol. The summed E-state index contributed by atoms with van der Waals surface area (Å²) in [5, 5.41) is 14.1. The third kappa shape index (κ3) is 4.63. The van der Waals surface area contributed by atoms with Gasteiger partial charge in [-0.15, -0.1) is 0 Å². The van der Waals surface area contributed by atoms with Crippen LogP contribution in [0.2, 0.25) is 0 Å². The second-order valence-electron chi connectivity index (χ2n) is 7.46. The summed E-state index contributed by atoms with van der Waals surface area (Å²) in [6.45, 7) is 2.25. The molecule has 1 heterocycles. The highest BCUT2D eigenvalue weighted by molar-refractivity contribution is 6.36. The number of amides is 2. The number of nitrogens with one attached hydrogen (secondary N) is 1. The first-order valence-electron chi connectivity index (χ1n) is 10.5. The fraction of sp³-hybridized carbons (Fsp3) is 0.120. The molecule has 0 unspecified atom stereocenters. The van der Waals surface area contributed by atoms with Crippen molar-refractivity contribution in [3.63, 3.8) is 0 Å². The van der Waals surface area contributed by atoms with Crippen molar-refractivity contribution in [1.29, 1.82) is 0 Å². The number of non-ortho nitro benzene ring substituents is 1. The number of carbonyl (C=O) groups is 2. The maximum atomic E-state index is 13.4. The van der Waals surface area contributed by atoms with Crippen LogP contribution in [0.25, 0.3) is 5.57 Å². The van der Waals surface area contributed by atoms with Crippen molar-refractivity contribution in [2.75, 3.05) is 11.9 Å². The van der Waals surface area contributed by atoms with Gasteiger partial charge in [-0.3, -0.25) is 24.6 Å². The minimum Gasteiger partial charge on any atom is -0.494 e. The fourth-order valence-corrected chi connectivity index (χ4v) is 3.60. The SMILES string of the molecule is CCOc1cccc(NC2=C(c3ccc([N+](=O)[O-])cc3)C(=O)N(Cc3ccc(F)cc3)C2=O)c1. The van der Waals surface area contributed by atoms with Gasteiger partial charge < -0.3 is 10.1 Å². The molecule has 0 aliphatic carbocycles. The van der Waals surface area contributed by atoms with E-state index in [0.717, 1.165) is 4.90 Å². The smallest absolute Gasteiger partial charge is 0.278 e. The molecule has 172 valence electrons. The fourth-order valence-electron chi connectivity index (χ4n) is 3.60. The Kier molecular flexibility index (Phi) is 6.35. The Morgan fingerprint density at radius 3 is 2.35 bits per heavy atom. The molecule has 3 aromatic rings. The Morgan fingerprint density at radius 2 is 1.71 bits per heavy atom. The zero-order chi connectivity index (χ0) is 24.2. The average Bonchev–Trinajstić information content (AvgIpc) is 3.05. The third-order valence-electron chi connectivity index (χ3n) is 5.20. The van der Waals surface area contributed by atoms with Crippen LogP contribution >= 0.6 is 0 Å². The van der Waals surface area contributed by atoms with Crippen molar-refractivity contribution in [2.24, 2.45) is 0 Å². The van der Waals surface area contributed by atoms with Crippen molar-refractivity contribution < 1.29 is 23.6 Å². The van der Waals surface area contributed by atoms with Crippen LogP contribution in [-0.4, -0.2) is 28.2 Å². The van der Waals surface area contributed by atoms with Crippen LogP contribution < -0.4 is 10.1 Å². The number of nitro groups is 1. The lowest BCUT2D eigenvalue weighted by Gasteiger charge is -2.15. The number of halogens is 1. The largest absolute Gasteiger partial charge is 0.494 e. The average molecular weight is 461 g/mol.